The van der Waals surface area contributed by atoms with Gasteiger partial charge in [-0.1, -0.05) is 24.3 Å². The number of carboxylic acid groups (broad SMARTS) is 4. The highest BCUT2D eigenvalue weighted by Gasteiger charge is 2.24. The average Bonchev–Trinajstić information content (AvgIpc) is 3.05. The average molecular weight is 660 g/mol. The van der Waals surface area contributed by atoms with Gasteiger partial charge in [0.25, 0.3) is 5.91 Å². The molecule has 2 aromatic carbocycles. The number of anilines is 1. The molecule has 14 heteroatoms. The number of carbonyl (C=O) groups excluding carboxylic acids is 1. The lowest BCUT2D eigenvalue weighted by molar-refractivity contribution is -0.159. The first-order valence-electron chi connectivity index (χ1n) is 15.5. The Morgan fingerprint density at radius 3 is 1.77 bits per heavy atom. The summed E-state index contributed by atoms with van der Waals surface area (Å²) < 4.78 is 5.99. The highest BCUT2D eigenvalue weighted by Crippen LogP contribution is 2.30. The standard InChI is InChI=1S/C29H41N3O3.2C2H2O4/c1-23(2)35-27-11-5-4-10-26(27)30-19-21-31(22-20-30)28(33)12-8-9-24-13-15-25(16-14-24)29(34)32-17-6-3-7-18-32;2*3-1(4)2(5)6/h4-5,10-11,13-16,23,28,33H,3,6-9,12,17-22H2,1-2H3;2*(H,3,4)(H,5,6). The van der Waals surface area contributed by atoms with Crippen LogP contribution in [0.3, 0.4) is 0 Å². The molecular formula is C33H45N3O11. The van der Waals surface area contributed by atoms with Gasteiger partial charge in [-0.15, -0.1) is 0 Å². The molecule has 1 atom stereocenters. The molecule has 2 saturated heterocycles. The summed E-state index contributed by atoms with van der Waals surface area (Å²) in [5.74, 6) is -6.21. The van der Waals surface area contributed by atoms with Gasteiger partial charge < -0.3 is 40.1 Å². The summed E-state index contributed by atoms with van der Waals surface area (Å²) in [5, 5.41) is 40.3. The van der Waals surface area contributed by atoms with Crippen LogP contribution in [-0.2, 0) is 25.6 Å². The van der Waals surface area contributed by atoms with Crippen LogP contribution in [0, 0.1) is 0 Å². The topological polar surface area (TPSA) is 205 Å². The number of benzene rings is 2. The molecule has 2 aliphatic rings. The van der Waals surface area contributed by atoms with Gasteiger partial charge in [0.2, 0.25) is 0 Å². The number of piperidine rings is 1. The molecule has 1 amide bonds. The quantitative estimate of drug-likeness (QED) is 0.246. The SMILES string of the molecule is CC(C)Oc1ccccc1N1CCN(C(O)CCCc2ccc(C(=O)N3CCCCC3)cc2)CC1.O=C(O)C(=O)O.O=C(O)C(=O)O. The smallest absolute Gasteiger partial charge is 0.414 e. The molecule has 0 bridgehead atoms. The monoisotopic (exact) mass is 659 g/mol. The van der Waals surface area contributed by atoms with Gasteiger partial charge in [-0.25, -0.2) is 19.2 Å². The summed E-state index contributed by atoms with van der Waals surface area (Å²) in [7, 11) is 0. The minimum atomic E-state index is -1.82. The highest BCUT2D eigenvalue weighted by atomic mass is 16.5. The number of hydrogen-bond acceptors (Lipinski definition) is 9. The zero-order chi connectivity index (χ0) is 34.9. The van der Waals surface area contributed by atoms with Gasteiger partial charge >= 0.3 is 23.9 Å². The van der Waals surface area contributed by atoms with Gasteiger partial charge in [-0.05, 0) is 82.2 Å². The number of carboxylic acids is 4. The number of piperazine rings is 1. The lowest BCUT2D eigenvalue weighted by atomic mass is 10.0. The number of hydrogen-bond donors (Lipinski definition) is 5. The molecule has 5 N–H and O–H groups in total. The summed E-state index contributed by atoms with van der Waals surface area (Å²) >= 11 is 0. The van der Waals surface area contributed by atoms with Crippen molar-refractivity contribution in [1.29, 1.82) is 0 Å². The molecule has 0 aliphatic carbocycles. The zero-order valence-corrected chi connectivity index (χ0v) is 26.8. The van der Waals surface area contributed by atoms with E-state index in [2.05, 4.69) is 47.9 Å². The second-order valence-corrected chi connectivity index (χ2v) is 11.3. The predicted octanol–water partition coefficient (Wildman–Crippen LogP) is 2.87. The number of nitrogens with zero attached hydrogens (tertiary/aromatic N) is 3. The molecule has 0 radical (unpaired) electrons. The van der Waals surface area contributed by atoms with E-state index in [4.69, 9.17) is 44.3 Å². The Bertz CT molecular complexity index is 1270. The fourth-order valence-electron chi connectivity index (χ4n) is 5.10. The van der Waals surface area contributed by atoms with Crippen LogP contribution in [0.1, 0.15) is 61.9 Å². The molecule has 2 fully saturated rings. The van der Waals surface area contributed by atoms with Crippen LogP contribution >= 0.6 is 0 Å². The molecule has 1 unspecified atom stereocenters. The second-order valence-electron chi connectivity index (χ2n) is 11.3. The summed E-state index contributed by atoms with van der Waals surface area (Å²) in [4.78, 5) is 55.6. The van der Waals surface area contributed by atoms with Crippen molar-refractivity contribution in [3.63, 3.8) is 0 Å². The van der Waals surface area contributed by atoms with Crippen LogP contribution in [0.15, 0.2) is 48.5 Å². The summed E-state index contributed by atoms with van der Waals surface area (Å²) in [6.45, 7) is 9.29. The van der Waals surface area contributed by atoms with E-state index < -0.39 is 30.1 Å². The predicted molar refractivity (Wildman–Crippen MR) is 172 cm³/mol. The number of aryl methyl sites for hydroxylation is 1. The van der Waals surface area contributed by atoms with Gasteiger partial charge in [0.15, 0.2) is 0 Å². The number of carbonyl (C=O) groups is 5. The largest absolute Gasteiger partial charge is 0.489 e. The first kappa shape index (κ1) is 38.5. The Morgan fingerprint density at radius 2 is 1.26 bits per heavy atom. The van der Waals surface area contributed by atoms with Crippen molar-refractivity contribution in [3.8, 4) is 5.75 Å². The maximum Gasteiger partial charge on any atom is 0.414 e. The van der Waals surface area contributed by atoms with E-state index in [0.29, 0.717) is 0 Å². The normalized spacial score (nSPS) is 15.3. The summed E-state index contributed by atoms with van der Waals surface area (Å²) in [5.41, 5.74) is 3.14. The number of rotatable bonds is 9. The van der Waals surface area contributed by atoms with Crippen LogP contribution in [0.25, 0.3) is 0 Å². The van der Waals surface area contributed by atoms with Gasteiger partial charge in [-0.3, -0.25) is 9.69 Å². The molecule has 14 nitrogen and oxygen atoms in total. The van der Waals surface area contributed by atoms with Gasteiger partial charge in [0.1, 0.15) is 12.0 Å². The van der Waals surface area contributed by atoms with Gasteiger partial charge in [0.05, 0.1) is 11.8 Å². The van der Waals surface area contributed by atoms with Crippen molar-refractivity contribution in [2.24, 2.45) is 0 Å². The van der Waals surface area contributed by atoms with E-state index in [1.165, 1.54) is 12.0 Å². The number of aliphatic hydroxyl groups is 1. The second kappa shape index (κ2) is 19.7. The first-order chi connectivity index (χ1) is 22.3. The van der Waals surface area contributed by atoms with Crippen LogP contribution in [0.4, 0.5) is 5.69 Å². The van der Waals surface area contributed by atoms with E-state index in [1.54, 1.807) is 0 Å². The lowest BCUT2D eigenvalue weighted by Crippen LogP contribution is -2.50. The number of para-hydroxylation sites is 2. The summed E-state index contributed by atoms with van der Waals surface area (Å²) in [6, 6.07) is 16.3. The maximum atomic E-state index is 12.6. The fourth-order valence-corrected chi connectivity index (χ4v) is 5.10. The fraction of sp³-hybridized carbons (Fsp3) is 0.485. The van der Waals surface area contributed by atoms with Gasteiger partial charge in [0, 0.05) is 44.8 Å². The molecule has 4 rings (SSSR count). The Hall–Kier alpha value is -4.69. The van der Waals surface area contributed by atoms with E-state index >= 15 is 0 Å². The maximum absolute atomic E-state index is 12.6. The van der Waals surface area contributed by atoms with Crippen molar-refractivity contribution in [1.82, 2.24) is 9.80 Å². The van der Waals surface area contributed by atoms with Crippen LogP contribution in [-0.4, -0.2) is 117 Å². The zero-order valence-electron chi connectivity index (χ0n) is 26.8. The Morgan fingerprint density at radius 1 is 0.723 bits per heavy atom. The van der Waals surface area contributed by atoms with Crippen LogP contribution in [0.5, 0.6) is 5.75 Å². The highest BCUT2D eigenvalue weighted by molar-refractivity contribution is 6.27. The molecule has 2 aliphatic heterocycles. The third-order valence-corrected chi connectivity index (χ3v) is 7.44. The molecule has 258 valence electrons. The van der Waals surface area contributed by atoms with E-state index in [9.17, 15) is 9.90 Å². The van der Waals surface area contributed by atoms with E-state index in [1.807, 2.05) is 29.2 Å². The molecule has 0 spiro atoms. The van der Waals surface area contributed by atoms with Crippen molar-refractivity contribution in [3.05, 3.63) is 59.7 Å². The molecule has 2 aromatic rings. The molecule has 2 heterocycles. The molecule has 0 aromatic heterocycles. The third-order valence-electron chi connectivity index (χ3n) is 7.44. The van der Waals surface area contributed by atoms with E-state index in [0.717, 1.165) is 88.4 Å². The van der Waals surface area contributed by atoms with Gasteiger partial charge in [-0.2, -0.15) is 0 Å². The lowest BCUT2D eigenvalue weighted by Gasteiger charge is -2.39. The Kier molecular flexibility index (Phi) is 16.2. The van der Waals surface area contributed by atoms with Crippen molar-refractivity contribution < 1.29 is 54.2 Å². The number of amides is 1. The van der Waals surface area contributed by atoms with Crippen molar-refractivity contribution in [2.75, 3.05) is 44.2 Å². The number of likely N-dealkylation sites (tertiary alicyclic amines) is 1. The Balaban J connectivity index is 0.000000546. The molecular weight excluding hydrogens is 614 g/mol. The van der Waals surface area contributed by atoms with Crippen LogP contribution < -0.4 is 9.64 Å². The molecule has 47 heavy (non-hydrogen) atoms. The van der Waals surface area contributed by atoms with Crippen LogP contribution in [0.2, 0.25) is 0 Å². The van der Waals surface area contributed by atoms with E-state index in [-0.39, 0.29) is 12.0 Å². The number of ether oxygens (including phenoxy) is 1. The molecule has 0 saturated carbocycles. The number of aliphatic hydroxyl groups excluding tert-OH is 1. The summed E-state index contributed by atoms with van der Waals surface area (Å²) in [6.07, 6.45) is 5.76. The Labute approximate surface area is 273 Å². The van der Waals surface area contributed by atoms with Crippen molar-refractivity contribution >= 4 is 35.5 Å². The first-order valence-corrected chi connectivity index (χ1v) is 15.5. The minimum Gasteiger partial charge on any atom is -0.489 e. The minimum absolute atomic E-state index is 0.144. The third kappa shape index (κ3) is 13.7. The van der Waals surface area contributed by atoms with Crippen molar-refractivity contribution in [2.45, 2.75) is 64.7 Å². The number of aliphatic carboxylic acids is 4.